The number of hydrogen-bond acceptors (Lipinski definition) is 3. The quantitative estimate of drug-likeness (QED) is 0.296. The predicted molar refractivity (Wildman–Crippen MR) is 121 cm³/mol. The Morgan fingerprint density at radius 2 is 1.86 bits per heavy atom. The highest BCUT2D eigenvalue weighted by Crippen LogP contribution is 2.26. The van der Waals surface area contributed by atoms with E-state index in [1.807, 2.05) is 32.1 Å². The van der Waals surface area contributed by atoms with Crippen molar-refractivity contribution in [2.45, 2.75) is 20.8 Å². The highest BCUT2D eigenvalue weighted by atomic mass is 16.3. The first kappa shape index (κ1) is 23.1. The monoisotopic (exact) mass is 390 g/mol. The number of terminal acetylenes is 1. The molecule has 0 aliphatic carbocycles. The minimum Gasteiger partial charge on any atom is -0.508 e. The Labute approximate surface area is 171 Å². The normalized spacial score (nSPS) is 12.4. The zero-order valence-corrected chi connectivity index (χ0v) is 16.8. The van der Waals surface area contributed by atoms with Crippen LogP contribution in [0.4, 0.5) is 10.5 Å². The molecule has 0 aliphatic rings. The number of phenolic OH excluding ortho intramolecular Hbond substituents is 1. The van der Waals surface area contributed by atoms with Crippen molar-refractivity contribution in [3.05, 3.63) is 83.8 Å². The van der Waals surface area contributed by atoms with Crippen LogP contribution in [-0.4, -0.2) is 16.2 Å². The van der Waals surface area contributed by atoms with Gasteiger partial charge in [-0.1, -0.05) is 29.9 Å². The third kappa shape index (κ3) is 7.69. The fourth-order valence-electron chi connectivity index (χ4n) is 2.41. The van der Waals surface area contributed by atoms with E-state index in [2.05, 4.69) is 23.5 Å². The zero-order valence-electron chi connectivity index (χ0n) is 16.8. The number of benzene rings is 2. The number of fused-ring (bicyclic) bond motifs is 1. The number of allylic oxidation sites excluding steroid dienone is 7. The summed E-state index contributed by atoms with van der Waals surface area (Å²) in [5.74, 6) is 0.315. The van der Waals surface area contributed by atoms with Crippen molar-refractivity contribution in [1.29, 1.82) is 0 Å². The first-order valence-electron chi connectivity index (χ1n) is 8.90. The van der Waals surface area contributed by atoms with E-state index in [0.29, 0.717) is 11.4 Å². The molecule has 0 fully saturated rings. The van der Waals surface area contributed by atoms with Gasteiger partial charge < -0.3 is 20.8 Å². The predicted octanol–water partition coefficient (Wildman–Crippen LogP) is 5.78. The molecular formula is C24H26N2O3. The lowest BCUT2D eigenvalue weighted by Crippen LogP contribution is -2.27. The van der Waals surface area contributed by atoms with Gasteiger partial charge in [0.1, 0.15) is 11.5 Å². The van der Waals surface area contributed by atoms with E-state index >= 15 is 0 Å². The summed E-state index contributed by atoms with van der Waals surface area (Å²) in [5, 5.41) is 26.5. The second-order valence-corrected chi connectivity index (χ2v) is 6.10. The SMILES string of the molecule is C#C.C/C=C(C)/C=C(O)\C=C/C=C(/C)NC(=O)Nc1cccc2cc(O)ccc12. The van der Waals surface area contributed by atoms with E-state index in [4.69, 9.17) is 0 Å². The largest absolute Gasteiger partial charge is 0.508 e. The van der Waals surface area contributed by atoms with Crippen LogP contribution < -0.4 is 10.6 Å². The van der Waals surface area contributed by atoms with Gasteiger partial charge in [-0.15, -0.1) is 12.8 Å². The third-order valence-electron chi connectivity index (χ3n) is 3.87. The van der Waals surface area contributed by atoms with Gasteiger partial charge in [0.2, 0.25) is 0 Å². The van der Waals surface area contributed by atoms with Gasteiger partial charge in [-0.3, -0.25) is 0 Å². The molecule has 0 bridgehead atoms. The Morgan fingerprint density at radius 3 is 2.55 bits per heavy atom. The summed E-state index contributed by atoms with van der Waals surface area (Å²) in [5.41, 5.74) is 2.23. The molecule has 2 aromatic carbocycles. The van der Waals surface area contributed by atoms with E-state index in [0.717, 1.165) is 16.3 Å². The summed E-state index contributed by atoms with van der Waals surface area (Å²) in [6, 6.07) is 10.1. The highest BCUT2D eigenvalue weighted by molar-refractivity contribution is 6.02. The standard InChI is InChI=1S/C22H24N2O3.C2H2/c1-4-15(2)13-18(25)9-5-7-16(3)23-22(27)24-21-10-6-8-17-14-19(26)11-12-20(17)21;1-2/h4-14,25-26H,1-3H3,(H2,23,24,27);1-2H/b9-5-,15-4+,16-7-,18-13+;. The maximum Gasteiger partial charge on any atom is 0.323 e. The fourth-order valence-corrected chi connectivity index (χ4v) is 2.41. The number of aliphatic hydroxyl groups excluding tert-OH is 1. The molecule has 0 saturated carbocycles. The Morgan fingerprint density at radius 1 is 1.14 bits per heavy atom. The van der Waals surface area contributed by atoms with Gasteiger partial charge in [0.05, 0.1) is 5.69 Å². The molecule has 0 unspecified atom stereocenters. The second-order valence-electron chi connectivity index (χ2n) is 6.10. The molecule has 4 N–H and O–H groups in total. The van der Waals surface area contributed by atoms with Crippen LogP contribution in [0.3, 0.4) is 0 Å². The third-order valence-corrected chi connectivity index (χ3v) is 3.87. The summed E-state index contributed by atoms with van der Waals surface area (Å²) >= 11 is 0. The van der Waals surface area contributed by atoms with Gasteiger partial charge in [0, 0.05) is 11.1 Å². The van der Waals surface area contributed by atoms with Crippen LogP contribution in [0.25, 0.3) is 10.8 Å². The van der Waals surface area contributed by atoms with Crippen LogP contribution in [0.1, 0.15) is 20.8 Å². The number of anilines is 1. The van der Waals surface area contributed by atoms with E-state index in [1.165, 1.54) is 0 Å². The summed E-state index contributed by atoms with van der Waals surface area (Å²) in [4.78, 5) is 12.2. The number of hydrogen-bond donors (Lipinski definition) is 4. The summed E-state index contributed by atoms with van der Waals surface area (Å²) in [6.07, 6.45) is 16.4. The molecule has 0 aromatic heterocycles. The average Bonchev–Trinajstić information content (AvgIpc) is 2.69. The number of phenols is 1. The van der Waals surface area contributed by atoms with Crippen molar-refractivity contribution in [3.8, 4) is 18.6 Å². The summed E-state index contributed by atoms with van der Waals surface area (Å²) in [6.45, 7) is 5.54. The molecule has 0 saturated heterocycles. The lowest BCUT2D eigenvalue weighted by Gasteiger charge is -2.10. The molecule has 0 radical (unpaired) electrons. The molecule has 0 heterocycles. The van der Waals surface area contributed by atoms with Gasteiger partial charge in [-0.05, 0) is 68.7 Å². The molecule has 150 valence electrons. The van der Waals surface area contributed by atoms with Gasteiger partial charge in [0.25, 0.3) is 0 Å². The summed E-state index contributed by atoms with van der Waals surface area (Å²) in [7, 11) is 0. The first-order chi connectivity index (χ1) is 13.9. The maximum atomic E-state index is 12.2. The molecule has 29 heavy (non-hydrogen) atoms. The Balaban J connectivity index is 0.00000204. The van der Waals surface area contributed by atoms with Crippen molar-refractivity contribution < 1.29 is 15.0 Å². The Kier molecular flexibility index (Phi) is 9.36. The number of rotatable bonds is 5. The molecule has 2 amide bonds. The lowest BCUT2D eigenvalue weighted by molar-refractivity contribution is 0.254. The number of aliphatic hydroxyl groups is 1. The van der Waals surface area contributed by atoms with Crippen LogP contribution in [0.2, 0.25) is 0 Å². The number of carbonyl (C=O) groups is 1. The van der Waals surface area contributed by atoms with E-state index in [-0.39, 0.29) is 17.5 Å². The van der Waals surface area contributed by atoms with Crippen LogP contribution in [-0.2, 0) is 0 Å². The highest BCUT2D eigenvalue weighted by Gasteiger charge is 2.06. The Bertz CT molecular complexity index is 996. The molecule has 0 spiro atoms. The number of aromatic hydroxyl groups is 1. The van der Waals surface area contributed by atoms with Crippen molar-refractivity contribution in [1.82, 2.24) is 5.32 Å². The molecule has 0 atom stereocenters. The van der Waals surface area contributed by atoms with Crippen LogP contribution in [0.5, 0.6) is 5.75 Å². The van der Waals surface area contributed by atoms with Crippen molar-refractivity contribution in [2.24, 2.45) is 0 Å². The fraction of sp³-hybridized carbons (Fsp3) is 0.125. The maximum absolute atomic E-state index is 12.2. The number of urea groups is 1. The minimum atomic E-state index is -0.373. The van der Waals surface area contributed by atoms with Crippen LogP contribution >= 0.6 is 0 Å². The molecule has 2 aromatic rings. The van der Waals surface area contributed by atoms with Crippen molar-refractivity contribution >= 4 is 22.5 Å². The van der Waals surface area contributed by atoms with Crippen molar-refractivity contribution in [2.75, 3.05) is 5.32 Å². The zero-order chi connectivity index (χ0) is 21.8. The smallest absolute Gasteiger partial charge is 0.323 e. The van der Waals surface area contributed by atoms with Crippen molar-refractivity contribution in [3.63, 3.8) is 0 Å². The molecule has 5 heteroatoms. The first-order valence-corrected chi connectivity index (χ1v) is 8.90. The lowest BCUT2D eigenvalue weighted by atomic mass is 10.1. The number of carbonyl (C=O) groups excluding carboxylic acids is 1. The average molecular weight is 390 g/mol. The number of nitrogens with one attached hydrogen (secondary N) is 2. The van der Waals surface area contributed by atoms with Crippen LogP contribution in [0, 0.1) is 12.8 Å². The molecule has 0 aliphatic heterocycles. The molecule has 5 nitrogen and oxygen atoms in total. The van der Waals surface area contributed by atoms with Gasteiger partial charge in [0.15, 0.2) is 0 Å². The van der Waals surface area contributed by atoms with E-state index in [1.54, 1.807) is 55.5 Å². The second kappa shape index (κ2) is 11.7. The van der Waals surface area contributed by atoms with E-state index < -0.39 is 0 Å². The topological polar surface area (TPSA) is 81.6 Å². The van der Waals surface area contributed by atoms with E-state index in [9.17, 15) is 15.0 Å². The number of amides is 2. The minimum absolute atomic E-state index is 0.137. The van der Waals surface area contributed by atoms with Gasteiger partial charge in [-0.25, -0.2) is 4.79 Å². The van der Waals surface area contributed by atoms with Crippen LogP contribution in [0.15, 0.2) is 83.8 Å². The summed E-state index contributed by atoms with van der Waals surface area (Å²) < 4.78 is 0. The van der Waals surface area contributed by atoms with Gasteiger partial charge in [-0.2, -0.15) is 0 Å². The van der Waals surface area contributed by atoms with Gasteiger partial charge >= 0.3 is 6.03 Å². The Hall–Kier alpha value is -3.91. The molecule has 2 rings (SSSR count). The molecular weight excluding hydrogens is 364 g/mol.